The Morgan fingerprint density at radius 3 is 2.52 bits per heavy atom. The van der Waals surface area contributed by atoms with Gasteiger partial charge in [-0.1, -0.05) is 49.4 Å². The average Bonchev–Trinajstić information content (AvgIpc) is 2.78. The second kappa shape index (κ2) is 10.6. The van der Waals surface area contributed by atoms with Crippen LogP contribution in [-0.2, 0) is 17.8 Å². The first-order chi connectivity index (χ1) is 15.0. The largest absolute Gasteiger partial charge is 0.488 e. The highest BCUT2D eigenvalue weighted by Gasteiger charge is 2.12. The molecule has 0 saturated heterocycles. The molecule has 156 valence electrons. The second-order valence-corrected chi connectivity index (χ2v) is 7.56. The SMILES string of the molecule is CCc1ccccc1NC(=O)/C(C#N)=C/c1ccc(OCc2ccccc2F)c(Br)c1. The van der Waals surface area contributed by atoms with E-state index in [1.54, 1.807) is 36.4 Å². The van der Waals surface area contributed by atoms with E-state index in [0.717, 1.165) is 12.0 Å². The molecule has 0 bridgehead atoms. The van der Waals surface area contributed by atoms with E-state index in [4.69, 9.17) is 4.74 Å². The highest BCUT2D eigenvalue weighted by molar-refractivity contribution is 9.10. The molecule has 31 heavy (non-hydrogen) atoms. The molecule has 0 atom stereocenters. The van der Waals surface area contributed by atoms with Gasteiger partial charge in [0.1, 0.15) is 29.8 Å². The summed E-state index contributed by atoms with van der Waals surface area (Å²) < 4.78 is 20.1. The first-order valence-corrected chi connectivity index (χ1v) is 10.5. The average molecular weight is 479 g/mol. The van der Waals surface area contributed by atoms with E-state index in [1.165, 1.54) is 12.1 Å². The highest BCUT2D eigenvalue weighted by Crippen LogP contribution is 2.28. The van der Waals surface area contributed by atoms with Gasteiger partial charge in [0, 0.05) is 11.3 Å². The predicted molar refractivity (Wildman–Crippen MR) is 123 cm³/mol. The van der Waals surface area contributed by atoms with Gasteiger partial charge in [0.25, 0.3) is 5.91 Å². The number of halogens is 2. The molecule has 1 N–H and O–H groups in total. The topological polar surface area (TPSA) is 62.1 Å². The maximum Gasteiger partial charge on any atom is 0.266 e. The van der Waals surface area contributed by atoms with Gasteiger partial charge in [0.2, 0.25) is 0 Å². The Kier molecular flexibility index (Phi) is 7.58. The minimum Gasteiger partial charge on any atom is -0.488 e. The van der Waals surface area contributed by atoms with E-state index in [0.29, 0.717) is 27.0 Å². The summed E-state index contributed by atoms with van der Waals surface area (Å²) in [6.07, 6.45) is 2.28. The summed E-state index contributed by atoms with van der Waals surface area (Å²) in [7, 11) is 0. The zero-order valence-corrected chi connectivity index (χ0v) is 18.4. The number of amides is 1. The van der Waals surface area contributed by atoms with Crippen LogP contribution in [0.5, 0.6) is 5.75 Å². The lowest BCUT2D eigenvalue weighted by molar-refractivity contribution is -0.112. The predicted octanol–water partition coefficient (Wildman–Crippen LogP) is 6.28. The summed E-state index contributed by atoms with van der Waals surface area (Å²) in [5, 5.41) is 12.3. The Morgan fingerprint density at radius 1 is 1.13 bits per heavy atom. The molecule has 0 aromatic heterocycles. The molecule has 4 nitrogen and oxygen atoms in total. The highest BCUT2D eigenvalue weighted by atomic mass is 79.9. The summed E-state index contributed by atoms with van der Waals surface area (Å²) in [5.74, 6) is -0.271. The molecule has 0 fully saturated rings. The van der Waals surface area contributed by atoms with Gasteiger partial charge < -0.3 is 10.1 Å². The molecule has 0 spiro atoms. The van der Waals surface area contributed by atoms with Crippen molar-refractivity contribution in [2.24, 2.45) is 0 Å². The number of hydrogen-bond donors (Lipinski definition) is 1. The third-order valence-electron chi connectivity index (χ3n) is 4.62. The van der Waals surface area contributed by atoms with Crippen molar-refractivity contribution in [2.45, 2.75) is 20.0 Å². The summed E-state index contributed by atoms with van der Waals surface area (Å²) in [6, 6.07) is 21.0. The fourth-order valence-electron chi connectivity index (χ4n) is 2.95. The lowest BCUT2D eigenvalue weighted by atomic mass is 10.1. The molecule has 0 radical (unpaired) electrons. The molecule has 0 heterocycles. The van der Waals surface area contributed by atoms with Crippen LogP contribution < -0.4 is 10.1 Å². The number of nitrogens with one attached hydrogen (secondary N) is 1. The van der Waals surface area contributed by atoms with Crippen LogP contribution in [0.2, 0.25) is 0 Å². The lowest BCUT2D eigenvalue weighted by Crippen LogP contribution is -2.14. The maximum atomic E-state index is 13.8. The number of aryl methyl sites for hydroxylation is 1. The number of benzene rings is 3. The number of ether oxygens (including phenoxy) is 1. The summed E-state index contributed by atoms with van der Waals surface area (Å²) in [4.78, 5) is 12.6. The van der Waals surface area contributed by atoms with E-state index >= 15 is 0 Å². The van der Waals surface area contributed by atoms with Gasteiger partial charge in [-0.2, -0.15) is 5.26 Å². The number of anilines is 1. The van der Waals surface area contributed by atoms with Gasteiger partial charge in [0.05, 0.1) is 4.47 Å². The number of para-hydroxylation sites is 1. The normalized spacial score (nSPS) is 11.0. The minimum atomic E-state index is -0.473. The van der Waals surface area contributed by atoms with Crippen LogP contribution >= 0.6 is 15.9 Å². The molecule has 1 amide bonds. The van der Waals surface area contributed by atoms with Crippen molar-refractivity contribution in [3.8, 4) is 11.8 Å². The third kappa shape index (κ3) is 5.80. The molecular formula is C25H20BrFN2O2. The van der Waals surface area contributed by atoms with Gasteiger partial charge in [-0.25, -0.2) is 4.39 Å². The molecule has 3 aromatic rings. The molecule has 6 heteroatoms. The summed E-state index contributed by atoms with van der Waals surface area (Å²) in [5.41, 5.74) is 2.77. The number of nitrogens with zero attached hydrogens (tertiary/aromatic N) is 1. The van der Waals surface area contributed by atoms with Crippen LogP contribution in [0.25, 0.3) is 6.08 Å². The van der Waals surface area contributed by atoms with Crippen molar-refractivity contribution in [1.29, 1.82) is 5.26 Å². The van der Waals surface area contributed by atoms with Crippen molar-refractivity contribution >= 4 is 33.6 Å². The van der Waals surface area contributed by atoms with Gasteiger partial charge in [-0.15, -0.1) is 0 Å². The minimum absolute atomic E-state index is 0.0159. The van der Waals surface area contributed by atoms with Crippen molar-refractivity contribution in [3.05, 3.63) is 99.3 Å². The smallest absolute Gasteiger partial charge is 0.266 e. The number of carbonyl (C=O) groups excluding carboxylic acids is 1. The molecule has 0 unspecified atom stereocenters. The van der Waals surface area contributed by atoms with E-state index in [1.807, 2.05) is 37.3 Å². The second-order valence-electron chi connectivity index (χ2n) is 6.70. The van der Waals surface area contributed by atoms with Gasteiger partial charge in [-0.3, -0.25) is 4.79 Å². The standard InChI is InChI=1S/C25H20BrFN2O2/c1-2-18-7-4-6-10-23(18)29-25(30)20(15-28)13-17-11-12-24(21(26)14-17)31-16-19-8-3-5-9-22(19)27/h3-14H,2,16H2,1H3,(H,29,30)/b20-13+. The fourth-order valence-corrected chi connectivity index (χ4v) is 3.46. The van der Waals surface area contributed by atoms with Gasteiger partial charge >= 0.3 is 0 Å². The molecule has 3 rings (SSSR count). The van der Waals surface area contributed by atoms with Crippen molar-refractivity contribution in [1.82, 2.24) is 0 Å². The maximum absolute atomic E-state index is 13.8. The Bertz CT molecular complexity index is 1170. The Balaban J connectivity index is 1.74. The molecule has 0 aliphatic carbocycles. The van der Waals surface area contributed by atoms with Crippen molar-refractivity contribution in [2.75, 3.05) is 5.32 Å². The van der Waals surface area contributed by atoms with Crippen LogP contribution in [0.4, 0.5) is 10.1 Å². The van der Waals surface area contributed by atoms with E-state index in [9.17, 15) is 14.4 Å². The van der Waals surface area contributed by atoms with Gasteiger partial charge in [-0.05, 0) is 63.8 Å². The van der Waals surface area contributed by atoms with Crippen molar-refractivity contribution in [3.63, 3.8) is 0 Å². The fraction of sp³-hybridized carbons (Fsp3) is 0.120. The Labute approximate surface area is 189 Å². The lowest BCUT2D eigenvalue weighted by Gasteiger charge is -2.10. The van der Waals surface area contributed by atoms with Crippen LogP contribution in [0.3, 0.4) is 0 Å². The molecule has 0 aliphatic heterocycles. The van der Waals surface area contributed by atoms with Crippen LogP contribution in [-0.4, -0.2) is 5.91 Å². The van der Waals surface area contributed by atoms with Crippen LogP contribution in [0, 0.1) is 17.1 Å². The van der Waals surface area contributed by atoms with E-state index in [-0.39, 0.29) is 18.0 Å². The number of carbonyl (C=O) groups is 1. The van der Waals surface area contributed by atoms with Crippen LogP contribution in [0.1, 0.15) is 23.6 Å². The Morgan fingerprint density at radius 2 is 1.84 bits per heavy atom. The first kappa shape index (κ1) is 22.3. The molecule has 3 aromatic carbocycles. The summed E-state index contributed by atoms with van der Waals surface area (Å²) >= 11 is 3.43. The molecule has 0 saturated carbocycles. The molecular weight excluding hydrogens is 459 g/mol. The zero-order valence-electron chi connectivity index (χ0n) is 16.9. The third-order valence-corrected chi connectivity index (χ3v) is 5.24. The number of hydrogen-bond acceptors (Lipinski definition) is 3. The van der Waals surface area contributed by atoms with Gasteiger partial charge in [0.15, 0.2) is 0 Å². The van der Waals surface area contributed by atoms with E-state index < -0.39 is 5.91 Å². The number of nitriles is 1. The quantitative estimate of drug-likeness (QED) is 0.321. The summed E-state index contributed by atoms with van der Waals surface area (Å²) in [6.45, 7) is 2.09. The number of rotatable bonds is 7. The monoisotopic (exact) mass is 478 g/mol. The molecule has 0 aliphatic rings. The van der Waals surface area contributed by atoms with Crippen molar-refractivity contribution < 1.29 is 13.9 Å². The Hall–Kier alpha value is -3.43. The van der Waals surface area contributed by atoms with Crippen LogP contribution in [0.15, 0.2) is 76.8 Å². The van der Waals surface area contributed by atoms with E-state index in [2.05, 4.69) is 21.2 Å². The first-order valence-electron chi connectivity index (χ1n) is 9.68. The zero-order chi connectivity index (χ0) is 22.2.